The minimum absolute atomic E-state index is 0.0394. The molecule has 1 N–H and O–H groups in total. The first kappa shape index (κ1) is 31.4. The summed E-state index contributed by atoms with van der Waals surface area (Å²) in [5.41, 5.74) is 2.77. The first-order chi connectivity index (χ1) is 20.6. The van der Waals surface area contributed by atoms with Crippen molar-refractivity contribution in [3.63, 3.8) is 0 Å². The van der Waals surface area contributed by atoms with Gasteiger partial charge in [-0.2, -0.15) is 0 Å². The molecular weight excluding hydrogens is 528 g/mol. The van der Waals surface area contributed by atoms with Crippen LogP contribution < -0.4 is 15.4 Å². The second-order valence-corrected chi connectivity index (χ2v) is 11.4. The maximum atomic E-state index is 13.0. The number of nitrogens with zero attached hydrogens (tertiary/aromatic N) is 3. The minimum atomic E-state index is -0.565. The predicted octanol–water partition coefficient (Wildman–Crippen LogP) is 7.00. The number of hydrogen-bond donors (Lipinski definition) is 1. The van der Waals surface area contributed by atoms with Gasteiger partial charge in [0.25, 0.3) is 5.91 Å². The molecule has 1 amide bonds. The van der Waals surface area contributed by atoms with Gasteiger partial charge >= 0.3 is 5.76 Å². The number of ether oxygens (including phenoxy) is 1. The van der Waals surface area contributed by atoms with E-state index in [9.17, 15) is 9.59 Å². The summed E-state index contributed by atoms with van der Waals surface area (Å²) < 4.78 is 10.5. The summed E-state index contributed by atoms with van der Waals surface area (Å²) in [6.45, 7) is 6.00. The fourth-order valence-corrected chi connectivity index (χ4v) is 5.53. The molecule has 1 fully saturated rings. The lowest BCUT2D eigenvalue weighted by atomic mass is 10.1. The van der Waals surface area contributed by atoms with Crippen molar-refractivity contribution in [3.8, 4) is 5.75 Å². The molecule has 0 atom stereocenters. The Bertz CT molecular complexity index is 1230. The summed E-state index contributed by atoms with van der Waals surface area (Å²) in [4.78, 5) is 30.9. The quantitative estimate of drug-likeness (QED) is 0.164. The molecule has 42 heavy (non-hydrogen) atoms. The van der Waals surface area contributed by atoms with E-state index < -0.39 is 5.76 Å². The largest absolute Gasteiger partial charge is 0.494 e. The molecule has 2 heterocycles. The van der Waals surface area contributed by atoms with Gasteiger partial charge in [-0.1, -0.05) is 94.8 Å². The van der Waals surface area contributed by atoms with Crippen LogP contribution in [0.2, 0.25) is 0 Å². The molecule has 2 aromatic carbocycles. The van der Waals surface area contributed by atoms with Crippen LogP contribution in [0.15, 0.2) is 57.8 Å². The van der Waals surface area contributed by atoms with Crippen molar-refractivity contribution in [1.29, 1.82) is 0 Å². The molecule has 4 rings (SSSR count). The van der Waals surface area contributed by atoms with Gasteiger partial charge in [-0.15, -0.1) is 0 Å². The number of rotatable bonds is 18. The van der Waals surface area contributed by atoms with E-state index in [2.05, 4.69) is 50.8 Å². The highest BCUT2D eigenvalue weighted by molar-refractivity contribution is 5.94. The number of benzene rings is 2. The maximum Gasteiger partial charge on any atom is 0.438 e. The lowest BCUT2D eigenvalue weighted by Crippen LogP contribution is -2.48. The number of nitrogens with one attached hydrogen (secondary N) is 1. The van der Waals surface area contributed by atoms with Crippen molar-refractivity contribution >= 4 is 11.6 Å². The number of piperazine rings is 1. The third-order valence-corrected chi connectivity index (χ3v) is 8.09. The van der Waals surface area contributed by atoms with Crippen LogP contribution in [0.1, 0.15) is 106 Å². The minimum Gasteiger partial charge on any atom is -0.494 e. The van der Waals surface area contributed by atoms with Gasteiger partial charge in [0.2, 0.25) is 0 Å². The first-order valence-corrected chi connectivity index (χ1v) is 16.0. The Morgan fingerprint density at radius 2 is 1.40 bits per heavy atom. The monoisotopic (exact) mass is 576 g/mol. The first-order valence-electron chi connectivity index (χ1n) is 16.0. The van der Waals surface area contributed by atoms with Crippen molar-refractivity contribution in [1.82, 2.24) is 15.0 Å². The lowest BCUT2D eigenvalue weighted by Gasteiger charge is -2.36. The highest BCUT2D eigenvalue weighted by Crippen LogP contribution is 2.22. The third kappa shape index (κ3) is 10.4. The molecule has 1 aliphatic rings. The Morgan fingerprint density at radius 1 is 0.810 bits per heavy atom. The van der Waals surface area contributed by atoms with Crippen LogP contribution >= 0.6 is 0 Å². The normalized spacial score (nSPS) is 13.5. The maximum absolute atomic E-state index is 13.0. The van der Waals surface area contributed by atoms with Crippen LogP contribution in [0, 0.1) is 0 Å². The second-order valence-electron chi connectivity index (χ2n) is 11.4. The Labute approximate surface area is 250 Å². The summed E-state index contributed by atoms with van der Waals surface area (Å²) in [6, 6.07) is 15.8. The Balaban J connectivity index is 1.07. The zero-order valence-corrected chi connectivity index (χ0v) is 25.3. The molecular formula is C34H48N4O4. The van der Waals surface area contributed by atoms with Gasteiger partial charge in [-0.3, -0.25) is 14.3 Å². The van der Waals surface area contributed by atoms with E-state index >= 15 is 0 Å². The van der Waals surface area contributed by atoms with Gasteiger partial charge in [0.15, 0.2) is 5.82 Å². The Kier molecular flexibility index (Phi) is 13.0. The predicted molar refractivity (Wildman–Crippen MR) is 168 cm³/mol. The average molecular weight is 577 g/mol. The second kappa shape index (κ2) is 17.4. The van der Waals surface area contributed by atoms with Crippen LogP contribution in [-0.4, -0.2) is 53.7 Å². The summed E-state index contributed by atoms with van der Waals surface area (Å²) in [5, 5.41) is 3.69. The number of amides is 1. The molecule has 0 aliphatic carbocycles. The highest BCUT2D eigenvalue weighted by Gasteiger charge is 2.22. The molecule has 1 aliphatic heterocycles. The third-order valence-electron chi connectivity index (χ3n) is 8.09. The standard InChI is InChI=1S/C34H48N4O4/c1-2-3-4-5-6-7-8-9-10-11-12-13-26-41-31-20-18-30(19-21-31)37-22-24-38(25-23-37)33(39)29-16-14-28(15-17-29)27-32-35-34(40)42-36-32/h14-21H,2-13,22-27H2,1H3,(H,35,36,40). The lowest BCUT2D eigenvalue weighted by molar-refractivity contribution is 0.0747. The number of unbranched alkanes of at least 4 members (excludes halogenated alkanes) is 11. The molecule has 1 aromatic heterocycles. The van der Waals surface area contributed by atoms with Crippen molar-refractivity contribution in [3.05, 3.63) is 76.0 Å². The smallest absolute Gasteiger partial charge is 0.438 e. The summed E-state index contributed by atoms with van der Waals surface area (Å²) in [5.74, 6) is 0.867. The molecule has 8 nitrogen and oxygen atoms in total. The van der Waals surface area contributed by atoms with E-state index in [4.69, 9.17) is 4.74 Å². The molecule has 228 valence electrons. The van der Waals surface area contributed by atoms with Crippen LogP contribution in [0.3, 0.4) is 0 Å². The van der Waals surface area contributed by atoms with Crippen molar-refractivity contribution in [2.45, 2.75) is 90.4 Å². The van der Waals surface area contributed by atoms with Crippen molar-refractivity contribution in [2.24, 2.45) is 0 Å². The number of carbonyl (C=O) groups is 1. The van der Waals surface area contributed by atoms with Gasteiger partial charge in [0, 0.05) is 43.9 Å². The number of aromatic amines is 1. The fraction of sp³-hybridized carbons (Fsp3) is 0.559. The number of aromatic nitrogens is 2. The van der Waals surface area contributed by atoms with E-state index in [-0.39, 0.29) is 5.91 Å². The Hall–Kier alpha value is -3.55. The molecule has 8 heteroatoms. The Morgan fingerprint density at radius 3 is 1.98 bits per heavy atom. The highest BCUT2D eigenvalue weighted by atomic mass is 16.5. The zero-order valence-electron chi connectivity index (χ0n) is 25.3. The molecule has 0 spiro atoms. The van der Waals surface area contributed by atoms with Crippen LogP contribution in [-0.2, 0) is 6.42 Å². The zero-order chi connectivity index (χ0) is 29.4. The van der Waals surface area contributed by atoms with Crippen molar-refractivity contribution < 1.29 is 14.1 Å². The van der Waals surface area contributed by atoms with E-state index in [1.165, 1.54) is 70.6 Å². The van der Waals surface area contributed by atoms with E-state index in [1.54, 1.807) is 0 Å². The van der Waals surface area contributed by atoms with Crippen LogP contribution in [0.4, 0.5) is 5.69 Å². The molecule has 0 bridgehead atoms. The van der Waals surface area contributed by atoms with Gasteiger partial charge in [-0.05, 0) is 48.4 Å². The van der Waals surface area contributed by atoms with Crippen LogP contribution in [0.5, 0.6) is 5.75 Å². The number of anilines is 1. The molecule has 0 radical (unpaired) electrons. The van der Waals surface area contributed by atoms with Crippen molar-refractivity contribution in [2.75, 3.05) is 37.7 Å². The topological polar surface area (TPSA) is 91.7 Å². The molecule has 1 saturated heterocycles. The van der Waals surface area contributed by atoms with E-state index in [0.29, 0.717) is 30.9 Å². The summed E-state index contributed by atoms with van der Waals surface area (Å²) >= 11 is 0. The average Bonchev–Trinajstić information content (AvgIpc) is 3.44. The summed E-state index contributed by atoms with van der Waals surface area (Å²) in [7, 11) is 0. The summed E-state index contributed by atoms with van der Waals surface area (Å²) in [6.07, 6.45) is 16.6. The van der Waals surface area contributed by atoms with Gasteiger partial charge < -0.3 is 14.5 Å². The molecule has 0 unspecified atom stereocenters. The SMILES string of the molecule is CCCCCCCCCCCCCCOc1ccc(N2CCN(C(=O)c3ccc(Cc4noc(=O)[nH]4)cc3)CC2)cc1. The number of H-pyrrole nitrogens is 1. The molecule has 3 aromatic rings. The van der Waals surface area contributed by atoms with Gasteiger partial charge in [-0.25, -0.2) is 4.79 Å². The van der Waals surface area contributed by atoms with Gasteiger partial charge in [0.05, 0.1) is 6.61 Å². The molecule has 0 saturated carbocycles. The van der Waals surface area contributed by atoms with Crippen LogP contribution in [0.25, 0.3) is 0 Å². The number of hydrogen-bond acceptors (Lipinski definition) is 6. The van der Waals surface area contributed by atoms with E-state index in [0.717, 1.165) is 43.1 Å². The van der Waals surface area contributed by atoms with Gasteiger partial charge in [0.1, 0.15) is 5.75 Å². The fourth-order valence-electron chi connectivity index (χ4n) is 5.53. The van der Waals surface area contributed by atoms with E-state index in [1.807, 2.05) is 29.2 Å². The number of carbonyl (C=O) groups excluding carboxylic acids is 1.